The van der Waals surface area contributed by atoms with Crippen LogP contribution in [0.5, 0.6) is 5.75 Å². The number of hydrogen-bond donors (Lipinski definition) is 1. The van der Waals surface area contributed by atoms with Crippen LogP contribution in [0.4, 0.5) is 0 Å². The highest BCUT2D eigenvalue weighted by Crippen LogP contribution is 2.25. The van der Waals surface area contributed by atoms with E-state index in [0.29, 0.717) is 18.8 Å². The second-order valence-corrected chi connectivity index (χ2v) is 4.51. The summed E-state index contributed by atoms with van der Waals surface area (Å²) in [7, 11) is 0. The Bertz CT molecular complexity index is 632. The predicted molar refractivity (Wildman–Crippen MR) is 77.2 cm³/mol. The van der Waals surface area contributed by atoms with Crippen molar-refractivity contribution in [3.05, 3.63) is 58.9 Å². The van der Waals surface area contributed by atoms with Gasteiger partial charge in [-0.15, -0.1) is 0 Å². The van der Waals surface area contributed by atoms with Crippen LogP contribution in [-0.2, 0) is 13.0 Å². The van der Waals surface area contributed by atoms with Crippen LogP contribution in [0.15, 0.2) is 36.5 Å². The lowest BCUT2D eigenvalue weighted by Gasteiger charge is -2.14. The normalized spacial score (nSPS) is 10.1. The Morgan fingerprint density at radius 1 is 1.25 bits per heavy atom. The van der Waals surface area contributed by atoms with Gasteiger partial charge in [0.05, 0.1) is 0 Å². The average Bonchev–Trinajstić information content (AvgIpc) is 2.47. The van der Waals surface area contributed by atoms with E-state index in [-0.39, 0.29) is 0 Å². The molecule has 102 valence electrons. The van der Waals surface area contributed by atoms with Crippen molar-refractivity contribution in [1.82, 2.24) is 4.98 Å². The minimum Gasteiger partial charge on any atom is -0.488 e. The summed E-state index contributed by atoms with van der Waals surface area (Å²) < 4.78 is 5.90. The second-order valence-electron chi connectivity index (χ2n) is 4.51. The third-order valence-electron chi connectivity index (χ3n) is 3.08. The van der Waals surface area contributed by atoms with Crippen LogP contribution in [0.2, 0.25) is 0 Å². The lowest BCUT2D eigenvalue weighted by molar-refractivity contribution is 0.300. The molecule has 1 aromatic heterocycles. The molecule has 0 saturated heterocycles. The van der Waals surface area contributed by atoms with Crippen molar-refractivity contribution in [2.45, 2.75) is 20.0 Å². The fraction of sp³-hybridized carbons (Fsp3) is 0.250. The van der Waals surface area contributed by atoms with E-state index < -0.39 is 0 Å². The minimum atomic E-state index is 0.332. The number of para-hydroxylation sites is 1. The van der Waals surface area contributed by atoms with Crippen molar-refractivity contribution in [1.29, 1.82) is 5.26 Å². The number of hydrogen-bond acceptors (Lipinski definition) is 4. The number of ether oxygens (including phenoxy) is 1. The molecule has 20 heavy (non-hydrogen) atoms. The van der Waals surface area contributed by atoms with Crippen molar-refractivity contribution >= 4 is 0 Å². The minimum absolute atomic E-state index is 0.332. The number of nitrogens with zero attached hydrogens (tertiary/aromatic N) is 2. The van der Waals surface area contributed by atoms with E-state index in [9.17, 15) is 0 Å². The lowest BCUT2D eigenvalue weighted by atomic mass is 10.1. The second kappa shape index (κ2) is 6.69. The smallest absolute Gasteiger partial charge is 0.147 e. The molecule has 0 saturated carbocycles. The zero-order valence-corrected chi connectivity index (χ0v) is 11.5. The summed E-state index contributed by atoms with van der Waals surface area (Å²) in [5.74, 6) is 0.852. The maximum Gasteiger partial charge on any atom is 0.147 e. The molecular formula is C16H17N3O. The Labute approximate surface area is 118 Å². The summed E-state index contributed by atoms with van der Waals surface area (Å²) in [6.45, 7) is 2.92. The molecule has 0 atom stereocenters. The highest BCUT2D eigenvalue weighted by atomic mass is 16.5. The van der Waals surface area contributed by atoms with Crippen LogP contribution in [-0.4, -0.2) is 11.5 Å². The fourth-order valence-corrected chi connectivity index (χ4v) is 2.08. The number of benzene rings is 1. The molecule has 0 aliphatic rings. The number of rotatable bonds is 5. The molecule has 0 amide bonds. The molecule has 2 N–H and O–H groups in total. The molecule has 0 fully saturated rings. The highest BCUT2D eigenvalue weighted by Gasteiger charge is 2.08. The Hall–Kier alpha value is -2.38. The fourth-order valence-electron chi connectivity index (χ4n) is 2.08. The summed E-state index contributed by atoms with van der Waals surface area (Å²) in [5, 5.41) is 9.02. The molecule has 0 aliphatic carbocycles. The molecule has 0 radical (unpaired) electrons. The highest BCUT2D eigenvalue weighted by molar-refractivity contribution is 5.41. The van der Waals surface area contributed by atoms with Gasteiger partial charge in [0, 0.05) is 11.8 Å². The van der Waals surface area contributed by atoms with Crippen molar-refractivity contribution in [3.8, 4) is 11.8 Å². The van der Waals surface area contributed by atoms with E-state index in [1.807, 2.05) is 31.2 Å². The SMILES string of the molecule is Cc1cccc(CCN)c1OCc1cccnc1C#N. The van der Waals surface area contributed by atoms with Crippen molar-refractivity contribution < 1.29 is 4.74 Å². The van der Waals surface area contributed by atoms with Crippen LogP contribution in [0.3, 0.4) is 0 Å². The van der Waals surface area contributed by atoms with Gasteiger partial charge in [-0.3, -0.25) is 0 Å². The van der Waals surface area contributed by atoms with Crippen molar-refractivity contribution in [2.75, 3.05) is 6.54 Å². The van der Waals surface area contributed by atoms with Crippen molar-refractivity contribution in [3.63, 3.8) is 0 Å². The summed E-state index contributed by atoms with van der Waals surface area (Å²) in [6, 6.07) is 11.8. The Morgan fingerprint density at radius 2 is 2.05 bits per heavy atom. The molecule has 0 bridgehead atoms. The van der Waals surface area contributed by atoms with Crippen LogP contribution < -0.4 is 10.5 Å². The maximum atomic E-state index is 9.02. The number of pyridine rings is 1. The molecule has 0 aliphatic heterocycles. The van der Waals surface area contributed by atoms with E-state index in [2.05, 4.69) is 11.1 Å². The zero-order chi connectivity index (χ0) is 14.4. The third kappa shape index (κ3) is 3.14. The monoisotopic (exact) mass is 267 g/mol. The lowest BCUT2D eigenvalue weighted by Crippen LogP contribution is -2.07. The van der Waals surface area contributed by atoms with Crippen LogP contribution >= 0.6 is 0 Å². The number of aromatic nitrogens is 1. The van der Waals surface area contributed by atoms with Gasteiger partial charge in [0.2, 0.25) is 0 Å². The molecule has 0 unspecified atom stereocenters. The molecule has 0 spiro atoms. The van der Waals surface area contributed by atoms with Gasteiger partial charge in [0.25, 0.3) is 0 Å². The number of aryl methyl sites for hydroxylation is 1. The van der Waals surface area contributed by atoms with Gasteiger partial charge in [-0.25, -0.2) is 4.98 Å². The summed E-state index contributed by atoms with van der Waals surface area (Å²) in [4.78, 5) is 4.03. The molecule has 4 nitrogen and oxygen atoms in total. The van der Waals surface area contributed by atoms with Gasteiger partial charge in [-0.05, 0) is 37.1 Å². The third-order valence-corrected chi connectivity index (χ3v) is 3.08. The van der Waals surface area contributed by atoms with Crippen LogP contribution in [0.1, 0.15) is 22.4 Å². The van der Waals surface area contributed by atoms with Crippen LogP contribution in [0.25, 0.3) is 0 Å². The van der Waals surface area contributed by atoms with E-state index in [1.54, 1.807) is 12.3 Å². The van der Waals surface area contributed by atoms with Gasteiger partial charge in [0.15, 0.2) is 0 Å². The first kappa shape index (κ1) is 14.0. The molecule has 2 rings (SSSR count). The van der Waals surface area contributed by atoms with E-state index in [4.69, 9.17) is 15.7 Å². The van der Waals surface area contributed by atoms with Gasteiger partial charge < -0.3 is 10.5 Å². The number of nitrogens with two attached hydrogens (primary N) is 1. The van der Waals surface area contributed by atoms with Gasteiger partial charge >= 0.3 is 0 Å². The van der Waals surface area contributed by atoms with E-state index in [0.717, 1.165) is 28.9 Å². The molecule has 1 aromatic carbocycles. The first-order valence-corrected chi connectivity index (χ1v) is 6.51. The molecular weight excluding hydrogens is 250 g/mol. The largest absolute Gasteiger partial charge is 0.488 e. The quantitative estimate of drug-likeness (QED) is 0.902. The molecule has 4 heteroatoms. The molecule has 1 heterocycles. The standard InChI is InChI=1S/C16H17N3O/c1-12-4-2-5-13(7-8-17)16(12)20-11-14-6-3-9-19-15(14)10-18/h2-6,9H,7-8,11,17H2,1H3. The molecule has 2 aromatic rings. The van der Waals surface area contributed by atoms with E-state index >= 15 is 0 Å². The first-order chi connectivity index (χ1) is 9.76. The maximum absolute atomic E-state index is 9.02. The van der Waals surface area contributed by atoms with Gasteiger partial charge in [-0.1, -0.05) is 24.3 Å². The van der Waals surface area contributed by atoms with Gasteiger partial charge in [-0.2, -0.15) is 5.26 Å². The summed E-state index contributed by atoms with van der Waals surface area (Å²) in [6.07, 6.45) is 2.38. The van der Waals surface area contributed by atoms with Crippen LogP contribution in [0, 0.1) is 18.3 Å². The van der Waals surface area contributed by atoms with Gasteiger partial charge in [0.1, 0.15) is 24.1 Å². The summed E-state index contributed by atoms with van der Waals surface area (Å²) >= 11 is 0. The average molecular weight is 267 g/mol. The van der Waals surface area contributed by atoms with Crippen molar-refractivity contribution in [2.24, 2.45) is 5.73 Å². The zero-order valence-electron chi connectivity index (χ0n) is 11.5. The Morgan fingerprint density at radius 3 is 2.80 bits per heavy atom. The van der Waals surface area contributed by atoms with E-state index in [1.165, 1.54) is 0 Å². The Balaban J connectivity index is 2.21. The first-order valence-electron chi connectivity index (χ1n) is 6.51. The predicted octanol–water partition coefficient (Wildman–Crippen LogP) is 2.34. The number of nitriles is 1. The summed E-state index contributed by atoms with van der Waals surface area (Å²) in [5.41, 5.74) is 8.98. The Kier molecular flexibility index (Phi) is 4.70. The topological polar surface area (TPSA) is 71.9 Å².